The molecule has 0 amide bonds. The van der Waals surface area contributed by atoms with Crippen molar-refractivity contribution in [3.8, 4) is 0 Å². The maximum atomic E-state index is 6.15. The highest BCUT2D eigenvalue weighted by molar-refractivity contribution is 6.31. The molecule has 1 heterocycles. The summed E-state index contributed by atoms with van der Waals surface area (Å²) in [5, 5.41) is 1.84. The van der Waals surface area contributed by atoms with Crippen molar-refractivity contribution in [1.29, 1.82) is 0 Å². The molecule has 3 rings (SSSR count). The minimum Gasteiger partial charge on any atom is -0.367 e. The van der Waals surface area contributed by atoms with E-state index in [0.717, 1.165) is 29.0 Å². The first-order valence-corrected chi connectivity index (χ1v) is 7.49. The maximum absolute atomic E-state index is 6.15. The molecule has 0 N–H and O–H groups in total. The quantitative estimate of drug-likeness (QED) is 0.679. The number of fused-ring (bicyclic) bond motifs is 1. The number of halogens is 1. The number of hydrogen-bond acceptors (Lipinski definition) is 2. The van der Waals surface area contributed by atoms with Crippen LogP contribution in [0.15, 0.2) is 60.8 Å². The fourth-order valence-electron chi connectivity index (χ4n) is 2.55. The number of rotatable bonds is 4. The molecule has 3 heteroatoms. The lowest BCUT2D eigenvalue weighted by Gasteiger charge is -2.24. The number of benzene rings is 2. The van der Waals surface area contributed by atoms with Gasteiger partial charge in [-0.15, -0.1) is 0 Å². The smallest absolute Gasteiger partial charge is 0.0723 e. The fourth-order valence-corrected chi connectivity index (χ4v) is 2.72. The Balaban J connectivity index is 2.02. The molecule has 0 bridgehead atoms. The average molecular weight is 297 g/mol. The molecule has 0 aliphatic rings. The fraction of sp³-hybridized carbons (Fsp3) is 0.167. The SMILES string of the molecule is CCN(Cc1ccccc1)c1ccnc2ccc(Cl)cc12. The molecule has 106 valence electrons. The lowest BCUT2D eigenvalue weighted by atomic mass is 10.1. The molecule has 0 unspecified atom stereocenters. The van der Waals surface area contributed by atoms with Gasteiger partial charge < -0.3 is 4.90 Å². The molecule has 0 saturated heterocycles. The highest BCUT2D eigenvalue weighted by Gasteiger charge is 2.10. The lowest BCUT2D eigenvalue weighted by Crippen LogP contribution is -2.22. The molecular weight excluding hydrogens is 280 g/mol. The molecule has 0 spiro atoms. The number of hydrogen-bond donors (Lipinski definition) is 0. The Morgan fingerprint density at radius 1 is 1.05 bits per heavy atom. The highest BCUT2D eigenvalue weighted by Crippen LogP contribution is 2.28. The largest absolute Gasteiger partial charge is 0.367 e. The van der Waals surface area contributed by atoms with Crippen molar-refractivity contribution in [2.24, 2.45) is 0 Å². The van der Waals surface area contributed by atoms with Gasteiger partial charge in [0.15, 0.2) is 0 Å². The van der Waals surface area contributed by atoms with Crippen LogP contribution in [-0.4, -0.2) is 11.5 Å². The molecule has 0 fully saturated rings. The molecule has 3 aromatic rings. The molecule has 0 radical (unpaired) electrons. The van der Waals surface area contributed by atoms with E-state index < -0.39 is 0 Å². The van der Waals surface area contributed by atoms with Crippen molar-refractivity contribution in [2.75, 3.05) is 11.4 Å². The summed E-state index contributed by atoms with van der Waals surface area (Å²) < 4.78 is 0. The van der Waals surface area contributed by atoms with E-state index in [1.807, 2.05) is 30.5 Å². The van der Waals surface area contributed by atoms with Crippen LogP contribution in [-0.2, 0) is 6.54 Å². The van der Waals surface area contributed by atoms with Crippen molar-refractivity contribution in [3.05, 3.63) is 71.4 Å². The molecule has 0 aliphatic heterocycles. The van der Waals surface area contributed by atoms with Crippen molar-refractivity contribution >= 4 is 28.2 Å². The van der Waals surface area contributed by atoms with Crippen molar-refractivity contribution < 1.29 is 0 Å². The zero-order valence-corrected chi connectivity index (χ0v) is 12.7. The van der Waals surface area contributed by atoms with Gasteiger partial charge in [-0.1, -0.05) is 41.9 Å². The number of pyridine rings is 1. The normalized spacial score (nSPS) is 10.8. The van der Waals surface area contributed by atoms with Crippen molar-refractivity contribution in [1.82, 2.24) is 4.98 Å². The summed E-state index contributed by atoms with van der Waals surface area (Å²) in [6, 6.07) is 18.4. The summed E-state index contributed by atoms with van der Waals surface area (Å²) in [5.74, 6) is 0. The van der Waals surface area contributed by atoms with Gasteiger partial charge >= 0.3 is 0 Å². The maximum Gasteiger partial charge on any atom is 0.0723 e. The Labute approximate surface area is 130 Å². The van der Waals surface area contributed by atoms with Gasteiger partial charge in [0, 0.05) is 35.4 Å². The van der Waals surface area contributed by atoms with Crippen LogP contribution in [0.5, 0.6) is 0 Å². The summed E-state index contributed by atoms with van der Waals surface area (Å²) in [7, 11) is 0. The van der Waals surface area contributed by atoms with Gasteiger partial charge in [-0.2, -0.15) is 0 Å². The Kier molecular flexibility index (Phi) is 4.07. The third-order valence-corrected chi connectivity index (χ3v) is 3.85. The van der Waals surface area contributed by atoms with E-state index in [2.05, 4.69) is 47.1 Å². The first-order valence-electron chi connectivity index (χ1n) is 7.11. The first-order chi connectivity index (χ1) is 10.3. The van der Waals surface area contributed by atoms with Gasteiger partial charge in [0.05, 0.1) is 5.52 Å². The van der Waals surface area contributed by atoms with Crippen LogP contribution in [0.4, 0.5) is 5.69 Å². The first kappa shape index (κ1) is 13.9. The minimum atomic E-state index is 0.743. The Bertz CT molecular complexity index is 741. The van der Waals surface area contributed by atoms with E-state index in [0.29, 0.717) is 0 Å². The standard InChI is InChI=1S/C18H17ClN2/c1-2-21(13-14-6-4-3-5-7-14)18-10-11-20-17-9-8-15(19)12-16(17)18/h3-12H,2,13H2,1H3. The Hall–Kier alpha value is -2.06. The second-order valence-corrected chi connectivity index (χ2v) is 5.43. The van der Waals surface area contributed by atoms with Gasteiger partial charge in [-0.05, 0) is 36.8 Å². The van der Waals surface area contributed by atoms with E-state index in [1.54, 1.807) is 0 Å². The third kappa shape index (κ3) is 3.01. The average Bonchev–Trinajstić information content (AvgIpc) is 2.53. The minimum absolute atomic E-state index is 0.743. The molecule has 0 saturated carbocycles. The van der Waals surface area contributed by atoms with Crippen LogP contribution in [0.3, 0.4) is 0 Å². The zero-order chi connectivity index (χ0) is 14.7. The summed E-state index contributed by atoms with van der Waals surface area (Å²) in [4.78, 5) is 6.76. The second kappa shape index (κ2) is 6.15. The van der Waals surface area contributed by atoms with Crippen LogP contribution in [0.2, 0.25) is 5.02 Å². The van der Waals surface area contributed by atoms with Crippen LogP contribution in [0.25, 0.3) is 10.9 Å². The molecule has 2 nitrogen and oxygen atoms in total. The highest BCUT2D eigenvalue weighted by atomic mass is 35.5. The van der Waals surface area contributed by atoms with Crippen molar-refractivity contribution in [2.45, 2.75) is 13.5 Å². The summed E-state index contributed by atoms with van der Waals surface area (Å²) >= 11 is 6.15. The summed E-state index contributed by atoms with van der Waals surface area (Å²) in [6.07, 6.45) is 1.86. The van der Waals surface area contributed by atoms with Gasteiger partial charge in [-0.25, -0.2) is 0 Å². The van der Waals surface area contributed by atoms with E-state index >= 15 is 0 Å². The summed E-state index contributed by atoms with van der Waals surface area (Å²) in [5.41, 5.74) is 3.45. The second-order valence-electron chi connectivity index (χ2n) is 4.99. The third-order valence-electron chi connectivity index (χ3n) is 3.62. The molecule has 2 aromatic carbocycles. The van der Waals surface area contributed by atoms with Crippen LogP contribution in [0.1, 0.15) is 12.5 Å². The van der Waals surface area contributed by atoms with E-state index in [-0.39, 0.29) is 0 Å². The van der Waals surface area contributed by atoms with E-state index in [4.69, 9.17) is 11.6 Å². The Morgan fingerprint density at radius 2 is 1.86 bits per heavy atom. The van der Waals surface area contributed by atoms with Gasteiger partial charge in [0.1, 0.15) is 0 Å². The summed E-state index contributed by atoms with van der Waals surface area (Å²) in [6.45, 7) is 3.98. The lowest BCUT2D eigenvalue weighted by molar-refractivity contribution is 0.835. The van der Waals surface area contributed by atoms with Gasteiger partial charge in [-0.3, -0.25) is 4.98 Å². The van der Waals surface area contributed by atoms with E-state index in [9.17, 15) is 0 Å². The predicted molar refractivity (Wildman–Crippen MR) is 89.9 cm³/mol. The van der Waals surface area contributed by atoms with Gasteiger partial charge in [0.25, 0.3) is 0 Å². The molecule has 0 atom stereocenters. The van der Waals surface area contributed by atoms with Gasteiger partial charge in [0.2, 0.25) is 0 Å². The zero-order valence-electron chi connectivity index (χ0n) is 12.0. The Morgan fingerprint density at radius 3 is 2.62 bits per heavy atom. The monoisotopic (exact) mass is 296 g/mol. The van der Waals surface area contributed by atoms with Crippen LogP contribution in [0, 0.1) is 0 Å². The predicted octanol–water partition coefficient (Wildman–Crippen LogP) is 4.91. The number of nitrogens with zero attached hydrogens (tertiary/aromatic N) is 2. The number of anilines is 1. The molecular formula is C18H17ClN2. The molecule has 21 heavy (non-hydrogen) atoms. The molecule has 1 aromatic heterocycles. The van der Waals surface area contributed by atoms with E-state index in [1.165, 1.54) is 11.3 Å². The number of aromatic nitrogens is 1. The van der Waals surface area contributed by atoms with Crippen LogP contribution >= 0.6 is 11.6 Å². The topological polar surface area (TPSA) is 16.1 Å². The molecule has 0 aliphatic carbocycles. The van der Waals surface area contributed by atoms with Crippen molar-refractivity contribution in [3.63, 3.8) is 0 Å². The van der Waals surface area contributed by atoms with Crippen LogP contribution < -0.4 is 4.90 Å².